The molecule has 190 valence electrons. The van der Waals surface area contributed by atoms with Crippen LogP contribution in [0.3, 0.4) is 0 Å². The highest BCUT2D eigenvalue weighted by atomic mass is 32.2. The van der Waals surface area contributed by atoms with Crippen molar-refractivity contribution in [1.82, 2.24) is 14.5 Å². The highest BCUT2D eigenvalue weighted by molar-refractivity contribution is 7.89. The van der Waals surface area contributed by atoms with Gasteiger partial charge >= 0.3 is 0 Å². The number of nitrogens with zero attached hydrogens (tertiary/aromatic N) is 2. The molecule has 1 aliphatic carbocycles. The van der Waals surface area contributed by atoms with Gasteiger partial charge in [-0.3, -0.25) is 9.59 Å². The van der Waals surface area contributed by atoms with Crippen molar-refractivity contribution in [1.29, 1.82) is 0 Å². The first-order chi connectivity index (χ1) is 16.6. The Morgan fingerprint density at radius 3 is 2.29 bits per heavy atom. The molecule has 0 aliphatic heterocycles. The van der Waals surface area contributed by atoms with Crippen LogP contribution in [-0.4, -0.2) is 55.1 Å². The van der Waals surface area contributed by atoms with Crippen LogP contribution in [0, 0.1) is 13.8 Å². The Morgan fingerprint density at radius 2 is 1.69 bits per heavy atom. The van der Waals surface area contributed by atoms with Crippen LogP contribution >= 0.6 is 0 Å². The lowest BCUT2D eigenvalue weighted by atomic mass is 10.1. The fraction of sp³-hybridized carbons (Fsp3) is 0.481. The third-order valence-electron chi connectivity index (χ3n) is 6.61. The highest BCUT2D eigenvalue weighted by Crippen LogP contribution is 2.20. The summed E-state index contributed by atoms with van der Waals surface area (Å²) in [6.07, 6.45) is 4.52. The van der Waals surface area contributed by atoms with E-state index in [1.807, 2.05) is 45.0 Å². The number of hydrogen-bond donors (Lipinski definition) is 1. The van der Waals surface area contributed by atoms with E-state index in [2.05, 4.69) is 5.32 Å². The van der Waals surface area contributed by atoms with Crippen LogP contribution in [0.4, 0.5) is 0 Å². The average molecular weight is 500 g/mol. The predicted octanol–water partition coefficient (Wildman–Crippen LogP) is 3.79. The maximum absolute atomic E-state index is 13.6. The molecule has 1 atom stereocenters. The monoisotopic (exact) mass is 499 g/mol. The van der Waals surface area contributed by atoms with Crippen LogP contribution in [0.2, 0.25) is 0 Å². The van der Waals surface area contributed by atoms with Crippen LogP contribution in [0.15, 0.2) is 53.4 Å². The first-order valence-corrected chi connectivity index (χ1v) is 13.7. The molecular formula is C27H37N3O4S. The zero-order chi connectivity index (χ0) is 25.6. The lowest BCUT2D eigenvalue weighted by Gasteiger charge is -2.32. The van der Waals surface area contributed by atoms with Crippen molar-refractivity contribution in [3.8, 4) is 0 Å². The summed E-state index contributed by atoms with van der Waals surface area (Å²) in [6.45, 7) is 5.61. The quantitative estimate of drug-likeness (QED) is 0.539. The van der Waals surface area contributed by atoms with Gasteiger partial charge in [0.25, 0.3) is 0 Å². The molecule has 0 aromatic heterocycles. The van der Waals surface area contributed by atoms with Crippen molar-refractivity contribution < 1.29 is 18.0 Å². The number of carbonyl (C=O) groups excluding carboxylic acids is 2. The minimum atomic E-state index is -3.85. The molecule has 2 aromatic carbocycles. The largest absolute Gasteiger partial charge is 0.352 e. The lowest BCUT2D eigenvalue weighted by molar-refractivity contribution is -0.141. The van der Waals surface area contributed by atoms with Crippen molar-refractivity contribution in [2.45, 2.75) is 76.4 Å². The summed E-state index contributed by atoms with van der Waals surface area (Å²) in [5.74, 6) is -0.581. The maximum atomic E-state index is 13.6. The number of rotatable bonds is 10. The smallest absolute Gasteiger partial charge is 0.243 e. The molecule has 35 heavy (non-hydrogen) atoms. The molecule has 0 saturated heterocycles. The zero-order valence-corrected chi connectivity index (χ0v) is 22.0. The molecule has 2 aromatic rings. The van der Waals surface area contributed by atoms with Crippen molar-refractivity contribution in [2.75, 3.05) is 13.6 Å². The van der Waals surface area contributed by atoms with E-state index in [0.717, 1.165) is 46.7 Å². The molecule has 0 unspecified atom stereocenters. The Bertz CT molecular complexity index is 1130. The van der Waals surface area contributed by atoms with E-state index in [1.165, 1.54) is 11.9 Å². The van der Waals surface area contributed by atoms with Gasteiger partial charge in [-0.1, -0.05) is 67.3 Å². The summed E-state index contributed by atoms with van der Waals surface area (Å²) in [7, 11) is -2.45. The number of nitrogens with one attached hydrogen (secondary N) is 1. The van der Waals surface area contributed by atoms with Gasteiger partial charge in [0.05, 0.1) is 11.4 Å². The Hall–Kier alpha value is -2.71. The summed E-state index contributed by atoms with van der Waals surface area (Å²) in [5, 5.41) is 3.11. The summed E-state index contributed by atoms with van der Waals surface area (Å²) < 4.78 is 27.2. The minimum absolute atomic E-state index is 0.134. The van der Waals surface area contributed by atoms with Gasteiger partial charge in [0.2, 0.25) is 21.8 Å². The molecule has 0 bridgehead atoms. The van der Waals surface area contributed by atoms with Crippen molar-refractivity contribution in [2.24, 2.45) is 0 Å². The van der Waals surface area contributed by atoms with Gasteiger partial charge < -0.3 is 10.2 Å². The van der Waals surface area contributed by atoms with Gasteiger partial charge in [-0.15, -0.1) is 0 Å². The summed E-state index contributed by atoms with van der Waals surface area (Å²) in [5.41, 5.74) is 2.90. The van der Waals surface area contributed by atoms with E-state index in [-0.39, 0.29) is 29.9 Å². The van der Waals surface area contributed by atoms with E-state index in [1.54, 1.807) is 24.3 Å². The van der Waals surface area contributed by atoms with Crippen LogP contribution in [0.25, 0.3) is 0 Å². The maximum Gasteiger partial charge on any atom is 0.243 e. The number of sulfonamides is 1. The Labute approximate surface area is 209 Å². The molecule has 1 aliphatic rings. The molecule has 0 spiro atoms. The second-order valence-electron chi connectivity index (χ2n) is 9.50. The number of amides is 2. The fourth-order valence-electron chi connectivity index (χ4n) is 4.55. The average Bonchev–Trinajstić information content (AvgIpc) is 3.32. The second-order valence-corrected chi connectivity index (χ2v) is 11.5. The molecule has 1 N–H and O–H groups in total. The topological polar surface area (TPSA) is 86.8 Å². The van der Waals surface area contributed by atoms with Crippen molar-refractivity contribution >= 4 is 21.8 Å². The fourth-order valence-corrected chi connectivity index (χ4v) is 5.67. The highest BCUT2D eigenvalue weighted by Gasteiger charge is 2.33. The van der Waals surface area contributed by atoms with E-state index >= 15 is 0 Å². The minimum Gasteiger partial charge on any atom is -0.352 e. The van der Waals surface area contributed by atoms with Gasteiger partial charge in [0.1, 0.15) is 6.04 Å². The first kappa shape index (κ1) is 26.9. The summed E-state index contributed by atoms with van der Waals surface area (Å²) >= 11 is 0. The molecule has 7 nitrogen and oxygen atoms in total. The van der Waals surface area contributed by atoms with Crippen LogP contribution in [-0.2, 0) is 26.2 Å². The van der Waals surface area contributed by atoms with Crippen LogP contribution in [0.5, 0.6) is 0 Å². The van der Waals surface area contributed by atoms with Crippen LogP contribution in [0.1, 0.15) is 55.7 Å². The molecule has 2 amide bonds. The SMILES string of the molecule is CC[C@@H](C(=O)NC1CCCC1)N(Cc1cccc(C)c1)C(=O)CN(C)S(=O)(=O)c1ccc(C)cc1. The normalized spacial score (nSPS) is 15.2. The standard InChI is InChI=1S/C27H37N3O4S/c1-5-25(27(32)28-23-11-6-7-12-23)30(18-22-10-8-9-21(3)17-22)26(31)19-29(4)35(33,34)24-15-13-20(2)14-16-24/h8-10,13-17,23,25H,5-7,11-12,18-19H2,1-4H3,(H,28,32)/t25-/m0/s1. The van der Waals surface area contributed by atoms with Crippen molar-refractivity contribution in [3.05, 3.63) is 65.2 Å². The summed E-state index contributed by atoms with van der Waals surface area (Å²) in [6, 6.07) is 13.8. The Balaban J connectivity index is 1.84. The van der Waals surface area contributed by atoms with Crippen molar-refractivity contribution in [3.63, 3.8) is 0 Å². The van der Waals surface area contributed by atoms with E-state index < -0.39 is 22.0 Å². The number of hydrogen-bond acceptors (Lipinski definition) is 4. The second kappa shape index (κ2) is 11.8. The number of aryl methyl sites for hydroxylation is 2. The molecule has 0 heterocycles. The molecule has 1 fully saturated rings. The number of benzene rings is 2. The predicted molar refractivity (Wildman–Crippen MR) is 137 cm³/mol. The lowest BCUT2D eigenvalue weighted by Crippen LogP contribution is -2.53. The molecule has 1 saturated carbocycles. The van der Waals surface area contributed by atoms with Gasteiger partial charge in [-0.05, 0) is 50.8 Å². The number of likely N-dealkylation sites (N-methyl/N-ethyl adjacent to an activating group) is 1. The van der Waals surface area contributed by atoms with E-state index in [4.69, 9.17) is 0 Å². The molecular weight excluding hydrogens is 462 g/mol. The Morgan fingerprint density at radius 1 is 1.03 bits per heavy atom. The molecule has 3 rings (SSSR count). The first-order valence-electron chi connectivity index (χ1n) is 12.3. The molecule has 8 heteroatoms. The number of carbonyl (C=O) groups is 2. The zero-order valence-electron chi connectivity index (χ0n) is 21.2. The van der Waals surface area contributed by atoms with Gasteiger partial charge in [0.15, 0.2) is 0 Å². The third-order valence-corrected chi connectivity index (χ3v) is 8.43. The van der Waals surface area contributed by atoms with E-state index in [9.17, 15) is 18.0 Å². The van der Waals surface area contributed by atoms with Crippen LogP contribution < -0.4 is 5.32 Å². The van der Waals surface area contributed by atoms with Gasteiger partial charge in [-0.25, -0.2) is 8.42 Å². The molecule has 0 radical (unpaired) electrons. The third kappa shape index (κ3) is 6.92. The summed E-state index contributed by atoms with van der Waals surface area (Å²) in [4.78, 5) is 28.5. The Kier molecular flexibility index (Phi) is 9.08. The van der Waals surface area contributed by atoms with E-state index in [0.29, 0.717) is 6.42 Å². The van der Waals surface area contributed by atoms with Gasteiger partial charge in [0, 0.05) is 19.6 Å². The van der Waals surface area contributed by atoms with Gasteiger partial charge in [-0.2, -0.15) is 4.31 Å².